The first-order valence-electron chi connectivity index (χ1n) is 8.93. The normalized spacial score (nSPS) is 11.8. The fourth-order valence-electron chi connectivity index (χ4n) is 2.94. The number of ketones is 1. The van der Waals surface area contributed by atoms with Crippen molar-refractivity contribution >= 4 is 5.78 Å². The number of hydrogen-bond donors (Lipinski definition) is 1. The van der Waals surface area contributed by atoms with Crippen LogP contribution in [-0.4, -0.2) is 28.7 Å². The van der Waals surface area contributed by atoms with Crippen LogP contribution < -0.4 is 15.0 Å². The zero-order valence-corrected chi connectivity index (χ0v) is 16.6. The third-order valence-electron chi connectivity index (χ3n) is 4.34. The molecule has 1 N–H and O–H groups in total. The molecular formula is C21H24N2O5. The molecule has 2 rings (SSSR count). The number of aromatic hydroxyl groups is 1. The number of Topliss-reactive ketones (excluding diaryl/α,β-unsaturated/α-hetero) is 1. The summed E-state index contributed by atoms with van der Waals surface area (Å²) in [6.45, 7) is 6.93. The van der Waals surface area contributed by atoms with Gasteiger partial charge in [0.25, 0.3) is 5.56 Å². The minimum atomic E-state index is -0.975. The molecule has 0 aliphatic heterocycles. The summed E-state index contributed by atoms with van der Waals surface area (Å²) < 4.78 is 12.0. The maximum absolute atomic E-state index is 13.1. The third-order valence-corrected chi connectivity index (χ3v) is 4.34. The van der Waals surface area contributed by atoms with Gasteiger partial charge in [0.1, 0.15) is 11.6 Å². The number of rotatable bonds is 7. The zero-order valence-electron chi connectivity index (χ0n) is 16.6. The molecule has 1 atom stereocenters. The van der Waals surface area contributed by atoms with Crippen LogP contribution >= 0.6 is 0 Å². The molecule has 0 fully saturated rings. The topological polar surface area (TPSA) is 102 Å². The number of carbonyl (C=O) groups is 1. The third kappa shape index (κ3) is 4.01. The number of aromatic nitrogens is 1. The van der Waals surface area contributed by atoms with E-state index in [9.17, 15) is 20.0 Å². The molecule has 0 aliphatic carbocycles. The lowest BCUT2D eigenvalue weighted by Crippen LogP contribution is -2.31. The number of methoxy groups -OCH3 is 1. The SMILES string of the molecule is COc1ccccc1OC(C)C(=O)c1c(C)c(C#N)c(=O)n(CC(C)C)c1O. The van der Waals surface area contributed by atoms with Gasteiger partial charge in [-0.3, -0.25) is 14.2 Å². The Morgan fingerprint density at radius 2 is 1.86 bits per heavy atom. The molecule has 0 amide bonds. The molecular weight excluding hydrogens is 360 g/mol. The molecule has 2 aromatic rings. The maximum atomic E-state index is 13.1. The van der Waals surface area contributed by atoms with Crippen molar-refractivity contribution in [3.8, 4) is 23.4 Å². The van der Waals surface area contributed by atoms with Crippen molar-refractivity contribution < 1.29 is 19.4 Å². The molecule has 28 heavy (non-hydrogen) atoms. The van der Waals surface area contributed by atoms with E-state index >= 15 is 0 Å². The van der Waals surface area contributed by atoms with Gasteiger partial charge < -0.3 is 14.6 Å². The molecule has 0 radical (unpaired) electrons. The maximum Gasteiger partial charge on any atom is 0.271 e. The van der Waals surface area contributed by atoms with Gasteiger partial charge in [-0.25, -0.2) is 0 Å². The lowest BCUT2D eigenvalue weighted by Gasteiger charge is -2.20. The van der Waals surface area contributed by atoms with Crippen LogP contribution in [0.1, 0.15) is 42.3 Å². The van der Waals surface area contributed by atoms with Gasteiger partial charge in [0.15, 0.2) is 17.6 Å². The fourth-order valence-corrected chi connectivity index (χ4v) is 2.94. The van der Waals surface area contributed by atoms with E-state index in [-0.39, 0.29) is 29.2 Å². The quantitative estimate of drug-likeness (QED) is 0.736. The molecule has 1 heterocycles. The number of benzene rings is 1. The van der Waals surface area contributed by atoms with Crippen LogP contribution in [0, 0.1) is 24.2 Å². The Morgan fingerprint density at radius 1 is 1.25 bits per heavy atom. The Balaban J connectivity index is 2.52. The van der Waals surface area contributed by atoms with E-state index in [0.717, 1.165) is 4.57 Å². The average Bonchev–Trinajstić information content (AvgIpc) is 2.65. The summed E-state index contributed by atoms with van der Waals surface area (Å²) in [5.41, 5.74) is -0.711. The van der Waals surface area contributed by atoms with Crippen LogP contribution in [0.2, 0.25) is 0 Å². The Hall–Kier alpha value is -3.27. The summed E-state index contributed by atoms with van der Waals surface area (Å²) in [6.07, 6.45) is -0.975. The zero-order chi connectivity index (χ0) is 21.0. The van der Waals surface area contributed by atoms with Gasteiger partial charge in [0, 0.05) is 6.54 Å². The van der Waals surface area contributed by atoms with Crippen molar-refractivity contribution in [1.29, 1.82) is 5.26 Å². The first-order chi connectivity index (χ1) is 13.2. The second kappa shape index (κ2) is 8.61. The van der Waals surface area contributed by atoms with Crippen molar-refractivity contribution in [3.05, 3.63) is 51.3 Å². The number of pyridine rings is 1. The highest BCUT2D eigenvalue weighted by Gasteiger charge is 2.28. The van der Waals surface area contributed by atoms with Crippen molar-refractivity contribution in [2.45, 2.75) is 40.3 Å². The van der Waals surface area contributed by atoms with E-state index in [2.05, 4.69) is 0 Å². The smallest absolute Gasteiger partial charge is 0.271 e. The monoisotopic (exact) mass is 384 g/mol. The summed E-state index contributed by atoms with van der Waals surface area (Å²) in [4.78, 5) is 25.6. The summed E-state index contributed by atoms with van der Waals surface area (Å²) in [6, 6.07) is 8.73. The first-order valence-corrected chi connectivity index (χ1v) is 8.93. The molecule has 0 saturated carbocycles. The van der Waals surface area contributed by atoms with E-state index in [1.54, 1.807) is 24.3 Å². The number of hydrogen-bond acceptors (Lipinski definition) is 6. The van der Waals surface area contributed by atoms with Crippen molar-refractivity contribution in [2.75, 3.05) is 7.11 Å². The van der Waals surface area contributed by atoms with E-state index in [0.29, 0.717) is 11.5 Å². The van der Waals surface area contributed by atoms with Gasteiger partial charge in [-0.05, 0) is 37.5 Å². The Morgan fingerprint density at radius 3 is 2.39 bits per heavy atom. The van der Waals surface area contributed by atoms with Crippen molar-refractivity contribution in [2.24, 2.45) is 5.92 Å². The predicted octanol–water partition coefficient (Wildman–Crippen LogP) is 3.05. The number of nitriles is 1. The van der Waals surface area contributed by atoms with Crippen molar-refractivity contribution in [1.82, 2.24) is 4.57 Å². The summed E-state index contributed by atoms with van der Waals surface area (Å²) in [5, 5.41) is 20.1. The average molecular weight is 384 g/mol. The Kier molecular flexibility index (Phi) is 6.47. The minimum Gasteiger partial charge on any atom is -0.494 e. The summed E-state index contributed by atoms with van der Waals surface area (Å²) in [7, 11) is 1.49. The molecule has 7 nitrogen and oxygen atoms in total. The Labute approximate surface area is 163 Å². The van der Waals surface area contributed by atoms with Gasteiger partial charge >= 0.3 is 0 Å². The van der Waals surface area contributed by atoms with Crippen LogP contribution in [0.4, 0.5) is 0 Å². The number of ether oxygens (including phenoxy) is 2. The van der Waals surface area contributed by atoms with Crippen LogP contribution in [0.25, 0.3) is 0 Å². The Bertz CT molecular complexity index is 986. The molecule has 0 bridgehead atoms. The van der Waals surface area contributed by atoms with Gasteiger partial charge in [-0.1, -0.05) is 26.0 Å². The van der Waals surface area contributed by atoms with Crippen molar-refractivity contribution in [3.63, 3.8) is 0 Å². The first kappa shape index (κ1) is 21.0. The molecule has 0 saturated heterocycles. The molecule has 1 aromatic heterocycles. The molecule has 148 valence electrons. The number of carbonyl (C=O) groups excluding carboxylic acids is 1. The minimum absolute atomic E-state index is 0.0306. The predicted molar refractivity (Wildman–Crippen MR) is 104 cm³/mol. The van der Waals surface area contributed by atoms with E-state index in [4.69, 9.17) is 9.47 Å². The van der Waals surface area contributed by atoms with Crippen LogP contribution in [-0.2, 0) is 6.54 Å². The highest BCUT2D eigenvalue weighted by Crippen LogP contribution is 2.29. The highest BCUT2D eigenvalue weighted by molar-refractivity contribution is 6.03. The van der Waals surface area contributed by atoms with E-state index in [1.807, 2.05) is 19.9 Å². The van der Waals surface area contributed by atoms with Crippen LogP contribution in [0.15, 0.2) is 29.1 Å². The second-order valence-corrected chi connectivity index (χ2v) is 6.90. The fraction of sp³-hybridized carbons (Fsp3) is 0.381. The lowest BCUT2D eigenvalue weighted by molar-refractivity contribution is 0.0808. The van der Waals surface area contributed by atoms with E-state index < -0.39 is 23.3 Å². The highest BCUT2D eigenvalue weighted by atomic mass is 16.5. The summed E-state index contributed by atoms with van der Waals surface area (Å²) >= 11 is 0. The second-order valence-electron chi connectivity index (χ2n) is 6.90. The van der Waals surface area contributed by atoms with Gasteiger partial charge in [0.2, 0.25) is 11.7 Å². The van der Waals surface area contributed by atoms with Crippen LogP contribution in [0.3, 0.4) is 0 Å². The van der Waals surface area contributed by atoms with Crippen LogP contribution in [0.5, 0.6) is 17.4 Å². The number of nitrogens with zero attached hydrogens (tertiary/aromatic N) is 2. The molecule has 1 unspecified atom stereocenters. The standard InChI is InChI=1S/C21H24N2O5/c1-12(2)11-23-20(25)15(10-22)13(3)18(21(23)26)19(24)14(4)28-17-9-7-6-8-16(17)27-5/h6-9,12,14,26H,11H2,1-5H3. The van der Waals surface area contributed by atoms with E-state index in [1.165, 1.54) is 21.0 Å². The molecule has 7 heteroatoms. The lowest BCUT2D eigenvalue weighted by atomic mass is 9.99. The molecule has 0 aliphatic rings. The van der Waals surface area contributed by atoms with Gasteiger partial charge in [-0.2, -0.15) is 5.26 Å². The largest absolute Gasteiger partial charge is 0.494 e. The van der Waals surface area contributed by atoms with Gasteiger partial charge in [0.05, 0.1) is 12.7 Å². The number of para-hydroxylation sites is 2. The van der Waals surface area contributed by atoms with Gasteiger partial charge in [-0.15, -0.1) is 0 Å². The molecule has 1 aromatic carbocycles. The summed E-state index contributed by atoms with van der Waals surface area (Å²) in [5.74, 6) is -0.113. The molecule has 0 spiro atoms.